The molecule has 140 valence electrons. The van der Waals surface area contributed by atoms with Gasteiger partial charge in [0.25, 0.3) is 0 Å². The third-order valence-electron chi connectivity index (χ3n) is 4.84. The predicted molar refractivity (Wildman–Crippen MR) is 112 cm³/mol. The van der Waals surface area contributed by atoms with Crippen molar-refractivity contribution in [3.8, 4) is 10.6 Å². The fourth-order valence-electron chi connectivity index (χ4n) is 3.39. The lowest BCUT2D eigenvalue weighted by molar-refractivity contribution is -0.130. The van der Waals surface area contributed by atoms with Crippen LogP contribution in [0.2, 0.25) is 0 Å². The van der Waals surface area contributed by atoms with E-state index in [4.69, 9.17) is 0 Å². The molecular weight excluding hydrogens is 374 g/mol. The molecule has 1 saturated heterocycles. The van der Waals surface area contributed by atoms with Crippen molar-refractivity contribution in [3.63, 3.8) is 0 Å². The van der Waals surface area contributed by atoms with Crippen molar-refractivity contribution in [3.05, 3.63) is 63.8 Å². The van der Waals surface area contributed by atoms with Crippen LogP contribution < -0.4 is 0 Å². The first-order valence-corrected chi connectivity index (χ1v) is 11.1. The molecule has 0 atom stereocenters. The molecule has 0 saturated carbocycles. The third kappa shape index (κ3) is 4.83. The molecule has 4 nitrogen and oxygen atoms in total. The molecule has 1 aromatic carbocycles. The smallest absolute Gasteiger partial charge is 0.228 e. The highest BCUT2D eigenvalue weighted by Gasteiger charge is 2.20. The first-order valence-electron chi connectivity index (χ1n) is 9.29. The number of benzene rings is 1. The molecule has 4 rings (SSSR count). The number of nitrogens with zero attached hydrogens (tertiary/aromatic N) is 3. The molecule has 3 heterocycles. The number of thiazole rings is 1. The van der Waals surface area contributed by atoms with Crippen molar-refractivity contribution in [2.24, 2.45) is 0 Å². The number of hydrogen-bond donors (Lipinski definition) is 0. The second-order valence-corrected chi connectivity index (χ2v) is 8.47. The lowest BCUT2D eigenvalue weighted by atomic mass is 10.2. The lowest BCUT2D eigenvalue weighted by Gasteiger charge is -2.22. The summed E-state index contributed by atoms with van der Waals surface area (Å²) in [6.07, 6.45) is 1.43. The van der Waals surface area contributed by atoms with Gasteiger partial charge in [-0.25, -0.2) is 4.98 Å². The fraction of sp³-hybridized carbons (Fsp3) is 0.333. The van der Waals surface area contributed by atoms with Crippen LogP contribution >= 0.6 is 22.7 Å². The van der Waals surface area contributed by atoms with Gasteiger partial charge in [0.1, 0.15) is 5.01 Å². The van der Waals surface area contributed by atoms with Crippen LogP contribution in [0.25, 0.3) is 10.6 Å². The van der Waals surface area contributed by atoms with Crippen LogP contribution in [-0.2, 0) is 17.8 Å². The van der Waals surface area contributed by atoms with Crippen molar-refractivity contribution < 1.29 is 4.79 Å². The van der Waals surface area contributed by atoms with E-state index in [9.17, 15) is 4.79 Å². The molecule has 2 aromatic heterocycles. The van der Waals surface area contributed by atoms with Crippen LogP contribution in [0.3, 0.4) is 0 Å². The lowest BCUT2D eigenvalue weighted by Crippen LogP contribution is -2.36. The maximum atomic E-state index is 12.8. The number of carbonyl (C=O) groups excluding carboxylic acids is 1. The fourth-order valence-corrected chi connectivity index (χ4v) is 4.93. The molecule has 0 bridgehead atoms. The minimum absolute atomic E-state index is 0.193. The highest BCUT2D eigenvalue weighted by molar-refractivity contribution is 7.14. The Morgan fingerprint density at radius 1 is 1.04 bits per heavy atom. The van der Waals surface area contributed by atoms with Gasteiger partial charge >= 0.3 is 0 Å². The summed E-state index contributed by atoms with van der Waals surface area (Å²) in [7, 11) is 0. The Kier molecular flexibility index (Phi) is 5.97. The Bertz CT molecular complexity index is 861. The Morgan fingerprint density at radius 3 is 2.74 bits per heavy atom. The van der Waals surface area contributed by atoms with E-state index in [0.717, 1.165) is 55.4 Å². The van der Waals surface area contributed by atoms with E-state index in [1.54, 1.807) is 22.7 Å². The first-order chi connectivity index (χ1) is 13.3. The van der Waals surface area contributed by atoms with E-state index >= 15 is 0 Å². The molecule has 1 amide bonds. The van der Waals surface area contributed by atoms with Gasteiger partial charge in [0.15, 0.2) is 0 Å². The number of carbonyl (C=O) groups is 1. The van der Waals surface area contributed by atoms with E-state index in [-0.39, 0.29) is 5.91 Å². The van der Waals surface area contributed by atoms with Gasteiger partial charge in [-0.15, -0.1) is 11.3 Å². The highest BCUT2D eigenvalue weighted by Crippen LogP contribution is 2.26. The Labute approximate surface area is 168 Å². The summed E-state index contributed by atoms with van der Waals surface area (Å²) in [4.78, 5) is 21.9. The molecule has 0 aliphatic carbocycles. The number of thiophene rings is 1. The number of hydrogen-bond acceptors (Lipinski definition) is 5. The quantitative estimate of drug-likeness (QED) is 0.649. The summed E-state index contributed by atoms with van der Waals surface area (Å²) >= 11 is 3.29. The maximum absolute atomic E-state index is 12.8. The summed E-state index contributed by atoms with van der Waals surface area (Å²) in [6, 6.07) is 12.6. The second-order valence-electron chi connectivity index (χ2n) is 6.83. The van der Waals surface area contributed by atoms with E-state index in [2.05, 4.69) is 57.0 Å². The van der Waals surface area contributed by atoms with Crippen LogP contribution in [0.1, 0.15) is 17.7 Å². The first kappa shape index (κ1) is 18.3. The molecule has 1 fully saturated rings. The topological polar surface area (TPSA) is 36.4 Å². The molecule has 6 heteroatoms. The molecule has 1 aliphatic rings. The average Bonchev–Trinajstić information content (AvgIpc) is 3.32. The zero-order valence-corrected chi connectivity index (χ0v) is 16.8. The van der Waals surface area contributed by atoms with E-state index in [0.29, 0.717) is 6.42 Å². The Morgan fingerprint density at radius 2 is 1.93 bits per heavy atom. The summed E-state index contributed by atoms with van der Waals surface area (Å²) in [6.45, 7) is 4.56. The second kappa shape index (κ2) is 8.78. The van der Waals surface area contributed by atoms with Gasteiger partial charge in [0.2, 0.25) is 5.91 Å². The largest absolute Gasteiger partial charge is 0.341 e. The van der Waals surface area contributed by atoms with Crippen LogP contribution in [0.15, 0.2) is 52.5 Å². The number of amides is 1. The minimum Gasteiger partial charge on any atom is -0.341 e. The van der Waals surface area contributed by atoms with Gasteiger partial charge in [0.05, 0.1) is 12.1 Å². The van der Waals surface area contributed by atoms with Crippen LogP contribution in [0, 0.1) is 0 Å². The summed E-state index contributed by atoms with van der Waals surface area (Å²) in [5, 5.41) is 7.18. The summed E-state index contributed by atoms with van der Waals surface area (Å²) in [5.74, 6) is 0.193. The number of rotatable bonds is 5. The predicted octanol–water partition coefficient (Wildman–Crippen LogP) is 4.15. The summed E-state index contributed by atoms with van der Waals surface area (Å²) in [5.41, 5.74) is 3.37. The Hall–Kier alpha value is -2.02. The normalized spacial score (nSPS) is 15.6. The van der Waals surface area contributed by atoms with Crippen molar-refractivity contribution >= 4 is 28.6 Å². The van der Waals surface area contributed by atoms with Gasteiger partial charge in [-0.1, -0.05) is 30.3 Å². The van der Waals surface area contributed by atoms with Gasteiger partial charge < -0.3 is 4.90 Å². The molecule has 27 heavy (non-hydrogen) atoms. The van der Waals surface area contributed by atoms with Gasteiger partial charge in [-0.3, -0.25) is 9.69 Å². The van der Waals surface area contributed by atoms with E-state index in [1.165, 1.54) is 5.56 Å². The van der Waals surface area contributed by atoms with Crippen molar-refractivity contribution in [2.75, 3.05) is 26.2 Å². The molecule has 0 radical (unpaired) electrons. The molecule has 1 aliphatic heterocycles. The van der Waals surface area contributed by atoms with Gasteiger partial charge in [-0.2, -0.15) is 11.3 Å². The minimum atomic E-state index is 0.193. The number of aromatic nitrogens is 1. The van der Waals surface area contributed by atoms with Gasteiger partial charge in [0, 0.05) is 49.0 Å². The average molecular weight is 398 g/mol. The van der Waals surface area contributed by atoms with E-state index in [1.807, 2.05) is 10.3 Å². The van der Waals surface area contributed by atoms with E-state index < -0.39 is 0 Å². The standard InChI is InChI=1S/C21H23N3OS2/c25-20(13-19-16-27-21(22-19)18-7-12-26-15-18)24-9-4-8-23(10-11-24)14-17-5-2-1-3-6-17/h1-3,5-7,12,15-16H,4,8-11,13-14H2. The van der Waals surface area contributed by atoms with Gasteiger partial charge in [-0.05, 0) is 23.4 Å². The zero-order valence-electron chi connectivity index (χ0n) is 15.2. The van der Waals surface area contributed by atoms with Crippen molar-refractivity contribution in [2.45, 2.75) is 19.4 Å². The van der Waals surface area contributed by atoms with Crippen LogP contribution in [-0.4, -0.2) is 46.9 Å². The summed E-state index contributed by atoms with van der Waals surface area (Å²) < 4.78 is 0. The van der Waals surface area contributed by atoms with Crippen molar-refractivity contribution in [1.82, 2.24) is 14.8 Å². The molecule has 0 spiro atoms. The molecule has 0 unspecified atom stereocenters. The molecule has 3 aromatic rings. The van der Waals surface area contributed by atoms with Crippen LogP contribution in [0.5, 0.6) is 0 Å². The monoisotopic (exact) mass is 397 g/mol. The third-order valence-corrected chi connectivity index (χ3v) is 6.47. The molecular formula is C21H23N3OS2. The Balaban J connectivity index is 1.32. The molecule has 0 N–H and O–H groups in total. The SMILES string of the molecule is O=C(Cc1csc(-c2ccsc2)n1)N1CCCN(Cc2ccccc2)CC1. The zero-order chi connectivity index (χ0) is 18.5. The maximum Gasteiger partial charge on any atom is 0.228 e. The van der Waals surface area contributed by atoms with Crippen molar-refractivity contribution in [1.29, 1.82) is 0 Å². The van der Waals surface area contributed by atoms with Crippen LogP contribution in [0.4, 0.5) is 0 Å². The highest BCUT2D eigenvalue weighted by atomic mass is 32.1.